The third-order valence-electron chi connectivity index (χ3n) is 2.35. The lowest BCUT2D eigenvalue weighted by molar-refractivity contribution is -0.137. The number of alkyl halides is 3. The molecule has 0 fully saturated rings. The quantitative estimate of drug-likeness (QED) is 0.857. The number of benzene rings is 1. The summed E-state index contributed by atoms with van der Waals surface area (Å²) in [6, 6.07) is 1.86. The highest BCUT2D eigenvalue weighted by Gasteiger charge is 2.31. The molecule has 1 aromatic heterocycles. The lowest BCUT2D eigenvalue weighted by Crippen LogP contribution is -2.07. The van der Waals surface area contributed by atoms with E-state index in [1.807, 2.05) is 0 Å². The smallest absolute Gasteiger partial charge is 0.416 e. The van der Waals surface area contributed by atoms with Gasteiger partial charge >= 0.3 is 12.1 Å². The molecule has 19 heavy (non-hydrogen) atoms. The maximum absolute atomic E-state index is 13.5. The van der Waals surface area contributed by atoms with Crippen molar-refractivity contribution in [3.63, 3.8) is 0 Å². The number of nitrogens with zero attached hydrogens (tertiary/aromatic N) is 2. The number of rotatable bonds is 2. The first kappa shape index (κ1) is 13.1. The number of imidazole rings is 1. The molecule has 0 saturated carbocycles. The highest BCUT2D eigenvalue weighted by molar-refractivity contribution is 5.85. The summed E-state index contributed by atoms with van der Waals surface area (Å²) in [7, 11) is 0. The number of carboxylic acid groups (broad SMARTS) is 1. The first-order valence-electron chi connectivity index (χ1n) is 4.93. The van der Waals surface area contributed by atoms with Gasteiger partial charge < -0.3 is 9.67 Å². The molecule has 0 radical (unpaired) electrons. The zero-order chi connectivity index (χ0) is 14.2. The van der Waals surface area contributed by atoms with Gasteiger partial charge in [-0.2, -0.15) is 13.2 Å². The van der Waals surface area contributed by atoms with Crippen LogP contribution in [0.15, 0.2) is 30.7 Å². The van der Waals surface area contributed by atoms with Crippen LogP contribution in [0, 0.1) is 5.82 Å². The highest BCUT2D eigenvalue weighted by Crippen LogP contribution is 2.31. The molecular formula is C11H6F4N2O2. The normalized spacial score (nSPS) is 11.6. The van der Waals surface area contributed by atoms with Crippen LogP contribution in [0.5, 0.6) is 0 Å². The molecule has 2 aromatic rings. The molecule has 0 aliphatic rings. The number of hydrogen-bond donors (Lipinski definition) is 1. The second kappa shape index (κ2) is 4.38. The molecule has 4 nitrogen and oxygen atoms in total. The minimum atomic E-state index is -4.61. The minimum absolute atomic E-state index is 0.392. The molecule has 2 rings (SSSR count). The predicted molar refractivity (Wildman–Crippen MR) is 55.5 cm³/mol. The van der Waals surface area contributed by atoms with Crippen LogP contribution in [0.2, 0.25) is 0 Å². The van der Waals surface area contributed by atoms with Crippen LogP contribution >= 0.6 is 0 Å². The second-order valence-electron chi connectivity index (χ2n) is 3.64. The Morgan fingerprint density at radius 3 is 2.53 bits per heavy atom. The Morgan fingerprint density at radius 1 is 1.32 bits per heavy atom. The van der Waals surface area contributed by atoms with Crippen molar-refractivity contribution in [2.75, 3.05) is 0 Å². The van der Waals surface area contributed by atoms with Gasteiger partial charge in [-0.15, -0.1) is 0 Å². The van der Waals surface area contributed by atoms with Gasteiger partial charge in [0.15, 0.2) is 5.69 Å². The van der Waals surface area contributed by atoms with Gasteiger partial charge in [0.1, 0.15) is 12.1 Å². The summed E-state index contributed by atoms with van der Waals surface area (Å²) in [5.41, 5.74) is -1.85. The van der Waals surface area contributed by atoms with Crippen LogP contribution in [-0.4, -0.2) is 20.6 Å². The summed E-state index contributed by atoms with van der Waals surface area (Å²) < 4.78 is 51.9. The van der Waals surface area contributed by atoms with Crippen LogP contribution in [0.25, 0.3) is 5.69 Å². The van der Waals surface area contributed by atoms with Crippen LogP contribution in [0.4, 0.5) is 17.6 Å². The Labute approximate surface area is 103 Å². The lowest BCUT2D eigenvalue weighted by atomic mass is 10.2. The summed E-state index contributed by atoms with van der Waals surface area (Å²) in [5, 5.41) is 8.65. The molecule has 1 aromatic carbocycles. The molecule has 0 atom stereocenters. The van der Waals surface area contributed by atoms with Gasteiger partial charge in [-0.1, -0.05) is 0 Å². The maximum Gasteiger partial charge on any atom is 0.416 e. The van der Waals surface area contributed by atoms with E-state index in [9.17, 15) is 22.4 Å². The molecule has 100 valence electrons. The Balaban J connectivity index is 2.51. The van der Waals surface area contributed by atoms with Gasteiger partial charge in [0, 0.05) is 6.20 Å². The van der Waals surface area contributed by atoms with Crippen molar-refractivity contribution in [1.82, 2.24) is 9.55 Å². The van der Waals surface area contributed by atoms with E-state index < -0.39 is 34.9 Å². The van der Waals surface area contributed by atoms with E-state index in [0.717, 1.165) is 17.1 Å². The van der Waals surface area contributed by atoms with Crippen molar-refractivity contribution >= 4 is 5.97 Å². The summed E-state index contributed by atoms with van der Waals surface area (Å²) in [5.74, 6) is -2.27. The molecule has 0 amide bonds. The van der Waals surface area contributed by atoms with E-state index in [1.54, 1.807) is 0 Å². The Kier molecular flexibility index (Phi) is 3.01. The van der Waals surface area contributed by atoms with Crippen molar-refractivity contribution in [2.45, 2.75) is 6.18 Å². The monoisotopic (exact) mass is 274 g/mol. The standard InChI is InChI=1S/C11H6F4N2O2/c12-7-2-1-6(11(13,14)15)3-9(7)17-4-8(10(18)19)16-5-17/h1-5H,(H,18,19). The second-order valence-corrected chi connectivity index (χ2v) is 3.64. The largest absolute Gasteiger partial charge is 0.476 e. The van der Waals surface area contributed by atoms with Gasteiger partial charge in [0.2, 0.25) is 0 Å². The topological polar surface area (TPSA) is 55.1 Å². The van der Waals surface area contributed by atoms with Gasteiger partial charge in [-0.25, -0.2) is 14.2 Å². The third kappa shape index (κ3) is 2.56. The Hall–Kier alpha value is -2.38. The number of carboxylic acids is 1. The fourth-order valence-electron chi connectivity index (χ4n) is 1.45. The SMILES string of the molecule is O=C(O)c1cn(-c2cc(C(F)(F)F)ccc2F)cn1. The summed E-state index contributed by atoms with van der Waals surface area (Å²) >= 11 is 0. The summed E-state index contributed by atoms with van der Waals surface area (Å²) in [6.45, 7) is 0. The molecule has 0 saturated heterocycles. The van der Waals surface area contributed by atoms with Crippen molar-refractivity contribution < 1.29 is 27.5 Å². The highest BCUT2D eigenvalue weighted by atomic mass is 19.4. The molecule has 0 bridgehead atoms. The Morgan fingerprint density at radius 2 is 2.00 bits per heavy atom. The molecule has 8 heteroatoms. The first-order chi connectivity index (χ1) is 8.79. The van der Waals surface area contributed by atoms with Gasteiger partial charge in [0.05, 0.1) is 11.3 Å². The molecule has 0 unspecified atom stereocenters. The minimum Gasteiger partial charge on any atom is -0.476 e. The fourth-order valence-corrected chi connectivity index (χ4v) is 1.45. The number of carbonyl (C=O) groups is 1. The van der Waals surface area contributed by atoms with Crippen LogP contribution < -0.4 is 0 Å². The van der Waals surface area contributed by atoms with Crippen molar-refractivity contribution in [1.29, 1.82) is 0 Å². The van der Waals surface area contributed by atoms with E-state index in [-0.39, 0.29) is 0 Å². The molecule has 0 aliphatic heterocycles. The molecule has 1 heterocycles. The zero-order valence-electron chi connectivity index (χ0n) is 9.15. The lowest BCUT2D eigenvalue weighted by Gasteiger charge is -2.10. The first-order valence-corrected chi connectivity index (χ1v) is 4.93. The summed E-state index contributed by atoms with van der Waals surface area (Å²) in [4.78, 5) is 14.0. The predicted octanol–water partition coefficient (Wildman–Crippen LogP) is 2.73. The van der Waals surface area contributed by atoms with E-state index in [2.05, 4.69) is 4.98 Å². The molecular weight excluding hydrogens is 268 g/mol. The van der Waals surface area contributed by atoms with Gasteiger partial charge in [0.25, 0.3) is 0 Å². The van der Waals surface area contributed by atoms with Crippen molar-refractivity contribution in [3.05, 3.63) is 47.8 Å². The van der Waals surface area contributed by atoms with E-state index in [0.29, 0.717) is 18.2 Å². The van der Waals surface area contributed by atoms with Crippen molar-refractivity contribution in [2.24, 2.45) is 0 Å². The third-order valence-corrected chi connectivity index (χ3v) is 2.35. The van der Waals surface area contributed by atoms with E-state index >= 15 is 0 Å². The summed E-state index contributed by atoms with van der Waals surface area (Å²) in [6.07, 6.45) is -2.75. The van der Waals surface area contributed by atoms with Crippen LogP contribution in [0.1, 0.15) is 16.1 Å². The van der Waals surface area contributed by atoms with Crippen LogP contribution in [-0.2, 0) is 6.18 Å². The Bertz CT molecular complexity index is 634. The van der Waals surface area contributed by atoms with Gasteiger partial charge in [-0.3, -0.25) is 0 Å². The van der Waals surface area contributed by atoms with Crippen molar-refractivity contribution in [3.8, 4) is 5.69 Å². The zero-order valence-corrected chi connectivity index (χ0v) is 9.15. The number of hydrogen-bond acceptors (Lipinski definition) is 2. The van der Waals surface area contributed by atoms with E-state index in [1.165, 1.54) is 0 Å². The van der Waals surface area contributed by atoms with Crippen LogP contribution in [0.3, 0.4) is 0 Å². The van der Waals surface area contributed by atoms with E-state index in [4.69, 9.17) is 5.11 Å². The fraction of sp³-hybridized carbons (Fsp3) is 0.0909. The molecule has 1 N–H and O–H groups in total. The number of halogens is 4. The molecule has 0 aliphatic carbocycles. The molecule has 0 spiro atoms. The average Bonchev–Trinajstić information content (AvgIpc) is 2.77. The number of aromatic carboxylic acids is 1. The number of aromatic nitrogens is 2. The van der Waals surface area contributed by atoms with Gasteiger partial charge in [-0.05, 0) is 18.2 Å². The maximum atomic E-state index is 13.5. The average molecular weight is 274 g/mol.